The lowest BCUT2D eigenvalue weighted by Gasteiger charge is -2.23. The Bertz CT molecular complexity index is 1250. The minimum absolute atomic E-state index is 0.0308. The highest BCUT2D eigenvalue weighted by atomic mass is 19.4. The third-order valence-corrected chi connectivity index (χ3v) is 5.22. The number of alkyl halides is 3. The van der Waals surface area contributed by atoms with Crippen LogP contribution in [0.15, 0.2) is 18.2 Å². The van der Waals surface area contributed by atoms with Gasteiger partial charge in [-0.05, 0) is 13.8 Å². The highest BCUT2D eigenvalue weighted by Crippen LogP contribution is 2.33. The van der Waals surface area contributed by atoms with Crippen molar-refractivity contribution in [1.29, 1.82) is 0 Å². The van der Waals surface area contributed by atoms with Gasteiger partial charge in [-0.2, -0.15) is 13.2 Å². The first-order valence-corrected chi connectivity index (χ1v) is 9.12. The molecule has 0 bridgehead atoms. The molecule has 0 fully saturated rings. The predicted octanol–water partition coefficient (Wildman–Crippen LogP) is 5.09. The molecule has 0 amide bonds. The second kappa shape index (κ2) is 8.59. The van der Waals surface area contributed by atoms with Gasteiger partial charge in [0.05, 0.1) is 0 Å². The molecule has 0 N–H and O–H groups in total. The summed E-state index contributed by atoms with van der Waals surface area (Å²) in [6, 6.07) is -0.555. The zero-order valence-electron chi connectivity index (χ0n) is 16.8. The first-order valence-electron chi connectivity index (χ1n) is 9.12. The van der Waals surface area contributed by atoms with Crippen molar-refractivity contribution in [2.45, 2.75) is 20.0 Å². The van der Waals surface area contributed by atoms with Crippen molar-refractivity contribution in [2.75, 3.05) is 0 Å². The van der Waals surface area contributed by atoms with Gasteiger partial charge in [0, 0.05) is 45.7 Å². The van der Waals surface area contributed by atoms with E-state index in [9.17, 15) is 52.7 Å². The van der Waals surface area contributed by atoms with Crippen LogP contribution in [0.2, 0.25) is 0 Å². The summed E-state index contributed by atoms with van der Waals surface area (Å²) in [6.45, 7) is -1.63. The van der Waals surface area contributed by atoms with Crippen LogP contribution in [-0.2, 0) is 6.18 Å². The Morgan fingerprint density at radius 3 is 1.18 bits per heavy atom. The van der Waals surface area contributed by atoms with Crippen LogP contribution in [0.25, 0.3) is 0 Å². The quantitative estimate of drug-likeness (QED) is 0.348. The van der Waals surface area contributed by atoms with Crippen molar-refractivity contribution in [1.82, 2.24) is 0 Å². The predicted molar refractivity (Wildman–Crippen MR) is 98.1 cm³/mol. The Morgan fingerprint density at radius 1 is 0.500 bits per heavy atom. The Hall–Kier alpha value is -3.12. The number of benzene rings is 3. The molecule has 0 aliphatic rings. The Kier molecular flexibility index (Phi) is 6.44. The largest absolute Gasteiger partial charge is 0.422 e. The summed E-state index contributed by atoms with van der Waals surface area (Å²) >= 11 is 0. The molecule has 3 rings (SSSR count). The van der Waals surface area contributed by atoms with E-state index < -0.39 is 104 Å². The van der Waals surface area contributed by atoms with Gasteiger partial charge in [-0.3, -0.25) is 0 Å². The van der Waals surface area contributed by atoms with E-state index in [4.69, 9.17) is 0 Å². The number of halogens is 12. The van der Waals surface area contributed by atoms with E-state index >= 15 is 0 Å². The molecule has 0 aromatic heterocycles. The van der Waals surface area contributed by atoms with Crippen molar-refractivity contribution in [3.8, 4) is 0 Å². The van der Waals surface area contributed by atoms with E-state index in [-0.39, 0.29) is 12.1 Å². The van der Waals surface area contributed by atoms with Gasteiger partial charge in [-0.25, -0.2) is 39.5 Å². The van der Waals surface area contributed by atoms with Gasteiger partial charge in [-0.1, -0.05) is 0 Å². The summed E-state index contributed by atoms with van der Waals surface area (Å²) in [5.41, 5.74) is -10.0. The van der Waals surface area contributed by atoms with E-state index in [1.165, 1.54) is 0 Å². The molecule has 13 heteroatoms. The first kappa shape index (κ1) is 25.5. The van der Waals surface area contributed by atoms with Crippen LogP contribution in [0.4, 0.5) is 52.7 Å². The third kappa shape index (κ3) is 4.01. The zero-order valence-corrected chi connectivity index (χ0v) is 16.8. The van der Waals surface area contributed by atoms with Gasteiger partial charge < -0.3 is 0 Å². The molecule has 0 saturated heterocycles. The fourth-order valence-electron chi connectivity index (χ4n) is 3.51. The lowest BCUT2D eigenvalue weighted by molar-refractivity contribution is -0.142. The number of hydrogen-bond acceptors (Lipinski definition) is 0. The van der Waals surface area contributed by atoms with Crippen LogP contribution in [0.1, 0.15) is 16.7 Å². The van der Waals surface area contributed by atoms with E-state index in [0.717, 1.165) is 0 Å². The Morgan fingerprint density at radius 2 is 0.824 bits per heavy atom. The van der Waals surface area contributed by atoms with Crippen LogP contribution in [0.5, 0.6) is 0 Å². The summed E-state index contributed by atoms with van der Waals surface area (Å²) < 4.78 is 170. The van der Waals surface area contributed by atoms with Crippen LogP contribution >= 0.6 is 0 Å². The summed E-state index contributed by atoms with van der Waals surface area (Å²) in [4.78, 5) is 0. The molecule has 0 unspecified atom stereocenters. The summed E-state index contributed by atoms with van der Waals surface area (Å²) in [6.07, 6.45) is -5.81. The maximum absolute atomic E-state index is 15.0. The van der Waals surface area contributed by atoms with Crippen LogP contribution in [0.3, 0.4) is 0 Å². The molecular formula is C21H9BF12. The summed E-state index contributed by atoms with van der Waals surface area (Å²) in [5, 5.41) is 0. The molecule has 0 atom stereocenters. The van der Waals surface area contributed by atoms with E-state index in [1.54, 1.807) is 0 Å². The van der Waals surface area contributed by atoms with Crippen molar-refractivity contribution < 1.29 is 52.7 Å². The molecule has 0 spiro atoms. The fourth-order valence-corrected chi connectivity index (χ4v) is 3.51. The first-order chi connectivity index (χ1) is 15.6. The molecule has 0 heterocycles. The minimum Gasteiger partial charge on any atom is -0.207 e. The van der Waals surface area contributed by atoms with Crippen molar-refractivity contribution in [2.24, 2.45) is 0 Å². The lowest BCUT2D eigenvalue weighted by atomic mass is 9.35. The highest BCUT2D eigenvalue weighted by Gasteiger charge is 2.45. The standard InChI is InChI=1S/C21H9BF12/c1-6-8(23)3-11(26)15(18(6)29)22(16-12(27)4-9(24)7(2)19(16)30)17-13(28)5-10(25)14(20(17)31)21(32,33)34/h3-5H,1-2H3. The van der Waals surface area contributed by atoms with Crippen LogP contribution in [-0.4, -0.2) is 6.71 Å². The Labute approximate surface area is 183 Å². The molecule has 3 aromatic carbocycles. The van der Waals surface area contributed by atoms with Crippen LogP contribution in [0, 0.1) is 66.2 Å². The fraction of sp³-hybridized carbons (Fsp3) is 0.143. The van der Waals surface area contributed by atoms with Gasteiger partial charge in [0.15, 0.2) is 0 Å². The second-order valence-electron chi connectivity index (χ2n) is 7.26. The molecule has 0 radical (unpaired) electrons. The molecular weight excluding hydrogens is 491 g/mol. The minimum atomic E-state index is -5.81. The maximum atomic E-state index is 15.0. The maximum Gasteiger partial charge on any atom is 0.422 e. The molecule has 0 aliphatic carbocycles. The number of hydrogen-bond donors (Lipinski definition) is 0. The van der Waals surface area contributed by atoms with Crippen LogP contribution < -0.4 is 16.4 Å². The van der Waals surface area contributed by atoms with Gasteiger partial charge in [-0.15, -0.1) is 0 Å². The topological polar surface area (TPSA) is 0 Å². The van der Waals surface area contributed by atoms with E-state index in [2.05, 4.69) is 0 Å². The Balaban J connectivity index is 2.60. The normalized spacial score (nSPS) is 11.8. The van der Waals surface area contributed by atoms with Gasteiger partial charge in [0.2, 0.25) is 0 Å². The molecule has 0 nitrogen and oxygen atoms in total. The molecule has 0 aliphatic heterocycles. The monoisotopic (exact) mass is 500 g/mol. The number of rotatable bonds is 3. The SMILES string of the molecule is Cc1c(F)cc(F)c(B(c2c(F)cc(F)c(C)c2F)c2c(F)cc(F)c(C(F)(F)F)c2F)c1F. The summed E-state index contributed by atoms with van der Waals surface area (Å²) in [5.74, 6) is -18.4. The van der Waals surface area contributed by atoms with Crippen molar-refractivity contribution in [3.05, 3.63) is 87.2 Å². The highest BCUT2D eigenvalue weighted by molar-refractivity contribution is 6.95. The van der Waals surface area contributed by atoms with Gasteiger partial charge >= 0.3 is 6.18 Å². The molecule has 34 heavy (non-hydrogen) atoms. The van der Waals surface area contributed by atoms with E-state index in [0.29, 0.717) is 13.8 Å². The lowest BCUT2D eigenvalue weighted by Crippen LogP contribution is -2.59. The second-order valence-corrected chi connectivity index (χ2v) is 7.26. The van der Waals surface area contributed by atoms with Crippen molar-refractivity contribution in [3.63, 3.8) is 0 Å². The zero-order chi connectivity index (χ0) is 25.9. The van der Waals surface area contributed by atoms with E-state index in [1.807, 2.05) is 0 Å². The summed E-state index contributed by atoms with van der Waals surface area (Å²) in [7, 11) is 0. The van der Waals surface area contributed by atoms with Gasteiger partial charge in [0.25, 0.3) is 6.71 Å². The molecule has 180 valence electrons. The smallest absolute Gasteiger partial charge is 0.207 e. The van der Waals surface area contributed by atoms with Crippen molar-refractivity contribution >= 4 is 23.1 Å². The van der Waals surface area contributed by atoms with Gasteiger partial charge in [0.1, 0.15) is 57.9 Å². The molecule has 0 saturated carbocycles. The third-order valence-electron chi connectivity index (χ3n) is 5.22. The average Bonchev–Trinajstić information content (AvgIpc) is 2.68. The average molecular weight is 500 g/mol. The molecule has 3 aromatic rings.